The van der Waals surface area contributed by atoms with Crippen LogP contribution in [0, 0.1) is 5.82 Å². The van der Waals surface area contributed by atoms with Crippen molar-refractivity contribution in [1.29, 1.82) is 0 Å². The molecule has 1 atom stereocenters. The van der Waals surface area contributed by atoms with Crippen LogP contribution in [0.3, 0.4) is 0 Å². The second-order valence-electron chi connectivity index (χ2n) is 6.88. The Labute approximate surface area is 182 Å². The molecule has 1 unspecified atom stereocenters. The van der Waals surface area contributed by atoms with Gasteiger partial charge in [-0.2, -0.15) is 0 Å². The number of halogens is 2. The van der Waals surface area contributed by atoms with Gasteiger partial charge >= 0.3 is 0 Å². The van der Waals surface area contributed by atoms with Gasteiger partial charge in [0.05, 0.1) is 6.04 Å². The Kier molecular flexibility index (Phi) is 7.02. The molecule has 0 aliphatic heterocycles. The number of hydrogen-bond acceptors (Lipinski definition) is 4. The van der Waals surface area contributed by atoms with Gasteiger partial charge in [0.1, 0.15) is 5.82 Å². The number of nitrogens with one attached hydrogen (secondary N) is 2. The molecule has 1 heterocycles. The van der Waals surface area contributed by atoms with Crippen molar-refractivity contribution in [3.05, 3.63) is 88.0 Å². The first-order chi connectivity index (χ1) is 14.3. The van der Waals surface area contributed by atoms with E-state index >= 15 is 0 Å². The number of benzene rings is 2. The second kappa shape index (κ2) is 9.69. The van der Waals surface area contributed by atoms with Crippen molar-refractivity contribution in [2.45, 2.75) is 6.04 Å². The summed E-state index contributed by atoms with van der Waals surface area (Å²) in [6.45, 7) is 0.342. The van der Waals surface area contributed by atoms with Crippen molar-refractivity contribution in [2.75, 3.05) is 26.0 Å². The van der Waals surface area contributed by atoms with E-state index in [0.717, 1.165) is 5.56 Å². The monoisotopic (exact) mass is 473 g/mol. The van der Waals surface area contributed by atoms with E-state index in [1.807, 2.05) is 19.0 Å². The maximum atomic E-state index is 13.2. The smallest absolute Gasteiger partial charge is 0.291 e. The number of furan rings is 1. The quantitative estimate of drug-likeness (QED) is 0.530. The van der Waals surface area contributed by atoms with Crippen LogP contribution in [0.5, 0.6) is 0 Å². The lowest BCUT2D eigenvalue weighted by Crippen LogP contribution is -2.34. The van der Waals surface area contributed by atoms with Gasteiger partial charge < -0.3 is 20.0 Å². The van der Waals surface area contributed by atoms with Gasteiger partial charge in [-0.3, -0.25) is 9.59 Å². The summed E-state index contributed by atoms with van der Waals surface area (Å²) < 4.78 is 18.9. The van der Waals surface area contributed by atoms with Gasteiger partial charge in [0, 0.05) is 17.8 Å². The molecule has 0 saturated carbocycles. The number of anilines is 1. The predicted octanol–water partition coefficient (Wildman–Crippen LogP) is 4.47. The molecule has 2 aromatic carbocycles. The lowest BCUT2D eigenvalue weighted by molar-refractivity contribution is 0.0940. The van der Waals surface area contributed by atoms with Gasteiger partial charge in [-0.25, -0.2) is 4.39 Å². The average Bonchev–Trinajstić information content (AvgIpc) is 3.16. The first kappa shape index (κ1) is 21.7. The Morgan fingerprint density at radius 3 is 2.43 bits per heavy atom. The van der Waals surface area contributed by atoms with Crippen LogP contribution in [0.2, 0.25) is 0 Å². The summed E-state index contributed by atoms with van der Waals surface area (Å²) in [7, 11) is 3.78. The lowest BCUT2D eigenvalue weighted by Gasteiger charge is -2.25. The third-order valence-corrected chi connectivity index (χ3v) is 4.94. The molecule has 0 saturated heterocycles. The number of nitrogens with zero attached hydrogens (tertiary/aromatic N) is 1. The fourth-order valence-electron chi connectivity index (χ4n) is 2.94. The number of rotatable bonds is 7. The number of carbonyl (C=O) groups is 2. The number of carbonyl (C=O) groups excluding carboxylic acids is 2. The molecule has 0 aliphatic carbocycles. The summed E-state index contributed by atoms with van der Waals surface area (Å²) in [5, 5.41) is 5.60. The highest BCUT2D eigenvalue weighted by Gasteiger charge is 2.17. The van der Waals surface area contributed by atoms with E-state index < -0.39 is 5.91 Å². The average molecular weight is 474 g/mol. The molecule has 6 nitrogen and oxygen atoms in total. The molecular formula is C22H21BrFN3O3. The molecule has 0 spiro atoms. The second-order valence-corrected chi connectivity index (χ2v) is 7.66. The Morgan fingerprint density at radius 2 is 1.80 bits per heavy atom. The Balaban J connectivity index is 1.65. The predicted molar refractivity (Wildman–Crippen MR) is 116 cm³/mol. The van der Waals surface area contributed by atoms with E-state index in [1.165, 1.54) is 12.1 Å². The van der Waals surface area contributed by atoms with Crippen LogP contribution in [0.1, 0.15) is 32.5 Å². The molecule has 8 heteroatoms. The topological polar surface area (TPSA) is 74.6 Å². The summed E-state index contributed by atoms with van der Waals surface area (Å²) in [6, 6.07) is 15.9. The number of hydrogen-bond donors (Lipinski definition) is 2. The maximum Gasteiger partial charge on any atom is 0.291 e. The maximum absolute atomic E-state index is 13.2. The van der Waals surface area contributed by atoms with Gasteiger partial charge in [0.25, 0.3) is 11.8 Å². The first-order valence-electron chi connectivity index (χ1n) is 9.20. The summed E-state index contributed by atoms with van der Waals surface area (Å²) in [4.78, 5) is 26.8. The summed E-state index contributed by atoms with van der Waals surface area (Å²) in [5.41, 5.74) is 1.78. The van der Waals surface area contributed by atoms with Crippen molar-refractivity contribution in [3.63, 3.8) is 0 Å². The molecule has 0 aliphatic rings. The van der Waals surface area contributed by atoms with Crippen molar-refractivity contribution < 1.29 is 18.4 Å². The Bertz CT molecular complexity index is 1030. The van der Waals surface area contributed by atoms with E-state index in [2.05, 4.69) is 26.6 Å². The van der Waals surface area contributed by atoms with Gasteiger partial charge in [0.2, 0.25) is 0 Å². The minimum absolute atomic E-state index is 0.116. The SMILES string of the molecule is CN(C)C(CNC(=O)c1cccc(NC(=O)c2ccc(Br)o2)c1)c1ccc(F)cc1. The molecule has 2 amide bonds. The molecular weight excluding hydrogens is 453 g/mol. The van der Waals surface area contributed by atoms with Gasteiger partial charge in [-0.05, 0) is 78.1 Å². The van der Waals surface area contributed by atoms with E-state index in [4.69, 9.17) is 4.42 Å². The molecule has 30 heavy (non-hydrogen) atoms. The third kappa shape index (κ3) is 5.55. The first-order valence-corrected chi connectivity index (χ1v) is 9.99. The Hall–Kier alpha value is -2.97. The van der Waals surface area contributed by atoms with Crippen LogP contribution in [-0.2, 0) is 0 Å². The normalized spacial score (nSPS) is 11.9. The summed E-state index contributed by atoms with van der Waals surface area (Å²) in [5.74, 6) is -0.839. The van der Waals surface area contributed by atoms with E-state index in [-0.39, 0.29) is 23.5 Å². The van der Waals surface area contributed by atoms with Crippen molar-refractivity contribution in [3.8, 4) is 0 Å². The summed E-state index contributed by atoms with van der Waals surface area (Å²) in [6.07, 6.45) is 0. The molecule has 1 aromatic heterocycles. The molecule has 156 valence electrons. The zero-order valence-electron chi connectivity index (χ0n) is 16.5. The zero-order chi connectivity index (χ0) is 21.7. The standard InChI is InChI=1S/C22H21BrFN3O3/c1-27(2)18(14-6-8-16(24)9-7-14)13-25-21(28)15-4-3-5-17(12-15)26-22(29)19-10-11-20(23)30-19/h3-12,18H,13H2,1-2H3,(H,25,28)(H,26,29). The highest BCUT2D eigenvalue weighted by molar-refractivity contribution is 9.10. The minimum Gasteiger partial charge on any atom is -0.444 e. The lowest BCUT2D eigenvalue weighted by atomic mass is 10.1. The molecule has 3 aromatic rings. The highest BCUT2D eigenvalue weighted by atomic mass is 79.9. The van der Waals surface area contributed by atoms with Gasteiger partial charge in [-0.1, -0.05) is 18.2 Å². The van der Waals surface area contributed by atoms with Gasteiger partial charge in [-0.15, -0.1) is 0 Å². The molecule has 0 radical (unpaired) electrons. The van der Waals surface area contributed by atoms with Crippen LogP contribution in [0.25, 0.3) is 0 Å². The fourth-order valence-corrected chi connectivity index (χ4v) is 3.25. The minimum atomic E-state index is -0.415. The molecule has 0 fully saturated rings. The van der Waals surface area contributed by atoms with Gasteiger partial charge in [0.15, 0.2) is 10.4 Å². The van der Waals surface area contributed by atoms with Crippen molar-refractivity contribution >= 4 is 33.4 Å². The zero-order valence-corrected chi connectivity index (χ0v) is 18.1. The molecule has 0 bridgehead atoms. The molecule has 3 rings (SSSR count). The van der Waals surface area contributed by atoms with E-state index in [0.29, 0.717) is 22.5 Å². The van der Waals surface area contributed by atoms with Crippen LogP contribution < -0.4 is 10.6 Å². The summed E-state index contributed by atoms with van der Waals surface area (Å²) >= 11 is 3.15. The van der Waals surface area contributed by atoms with Crippen molar-refractivity contribution in [2.24, 2.45) is 0 Å². The van der Waals surface area contributed by atoms with Crippen LogP contribution >= 0.6 is 15.9 Å². The van der Waals surface area contributed by atoms with Crippen LogP contribution in [0.15, 0.2) is 69.8 Å². The van der Waals surface area contributed by atoms with Crippen molar-refractivity contribution in [1.82, 2.24) is 10.2 Å². The number of amides is 2. The van der Waals surface area contributed by atoms with Crippen LogP contribution in [0.4, 0.5) is 10.1 Å². The third-order valence-electron chi connectivity index (χ3n) is 4.51. The highest BCUT2D eigenvalue weighted by Crippen LogP contribution is 2.19. The number of likely N-dealkylation sites (N-methyl/N-ethyl adjacent to an activating group) is 1. The Morgan fingerprint density at radius 1 is 1.07 bits per heavy atom. The van der Waals surface area contributed by atoms with E-state index in [9.17, 15) is 14.0 Å². The van der Waals surface area contributed by atoms with Crippen LogP contribution in [-0.4, -0.2) is 37.4 Å². The fraction of sp³-hybridized carbons (Fsp3) is 0.182. The molecule has 2 N–H and O–H groups in total. The van der Waals surface area contributed by atoms with E-state index in [1.54, 1.807) is 48.5 Å². The largest absolute Gasteiger partial charge is 0.444 e.